The second-order valence-corrected chi connectivity index (χ2v) is 5.33. The van der Waals surface area contributed by atoms with Crippen LogP contribution in [0.5, 0.6) is 0 Å². The third-order valence-corrected chi connectivity index (χ3v) is 3.71. The van der Waals surface area contributed by atoms with Gasteiger partial charge in [0.1, 0.15) is 5.82 Å². The van der Waals surface area contributed by atoms with Crippen molar-refractivity contribution in [2.75, 3.05) is 32.9 Å². The summed E-state index contributed by atoms with van der Waals surface area (Å²) < 4.78 is 13.3. The lowest BCUT2D eigenvalue weighted by molar-refractivity contribution is 0.215. The number of likely N-dealkylation sites (N-methyl/N-ethyl adjacent to an activating group) is 2. The van der Waals surface area contributed by atoms with Crippen molar-refractivity contribution >= 4 is 5.69 Å². The summed E-state index contributed by atoms with van der Waals surface area (Å²) in [5, 5.41) is 0. The number of benzene rings is 1. The highest BCUT2D eigenvalue weighted by Gasteiger charge is 2.21. The first-order valence-electron chi connectivity index (χ1n) is 6.49. The molecule has 0 amide bonds. The third kappa shape index (κ3) is 3.21. The number of hydrogen-bond acceptors (Lipinski definition) is 3. The first-order valence-corrected chi connectivity index (χ1v) is 6.49. The molecule has 1 atom stereocenters. The van der Waals surface area contributed by atoms with Crippen LogP contribution in [0.25, 0.3) is 0 Å². The highest BCUT2D eigenvalue weighted by atomic mass is 19.1. The van der Waals surface area contributed by atoms with Gasteiger partial charge in [-0.3, -0.25) is 0 Å². The van der Waals surface area contributed by atoms with Gasteiger partial charge in [0.2, 0.25) is 0 Å². The molecule has 2 rings (SSSR count). The van der Waals surface area contributed by atoms with Gasteiger partial charge >= 0.3 is 0 Å². The Hall–Kier alpha value is -1.13. The van der Waals surface area contributed by atoms with Gasteiger partial charge < -0.3 is 15.5 Å². The molecule has 0 bridgehead atoms. The highest BCUT2D eigenvalue weighted by molar-refractivity contribution is 5.41. The Bertz CT molecular complexity index is 408. The van der Waals surface area contributed by atoms with E-state index in [-0.39, 0.29) is 11.5 Å². The van der Waals surface area contributed by atoms with Crippen molar-refractivity contribution in [1.29, 1.82) is 0 Å². The molecule has 1 unspecified atom stereocenters. The molecule has 0 saturated carbocycles. The molecular weight excluding hydrogens is 229 g/mol. The third-order valence-electron chi connectivity index (χ3n) is 3.71. The molecule has 0 spiro atoms. The average Bonchev–Trinajstić information content (AvgIpc) is 2.70. The number of likely N-dealkylation sites (tertiary alicyclic amines) is 1. The summed E-state index contributed by atoms with van der Waals surface area (Å²) in [6, 6.07) is 5.70. The van der Waals surface area contributed by atoms with Crippen LogP contribution in [0.2, 0.25) is 0 Å². The van der Waals surface area contributed by atoms with Crippen molar-refractivity contribution in [3.8, 4) is 0 Å². The highest BCUT2D eigenvalue weighted by Crippen LogP contribution is 2.17. The summed E-state index contributed by atoms with van der Waals surface area (Å²) in [6.07, 6.45) is 2.54. The van der Waals surface area contributed by atoms with Crippen LogP contribution < -0.4 is 5.73 Å². The van der Waals surface area contributed by atoms with Gasteiger partial charge in [0.05, 0.1) is 5.69 Å². The van der Waals surface area contributed by atoms with Gasteiger partial charge in [-0.2, -0.15) is 0 Å². The lowest BCUT2D eigenvalue weighted by Gasteiger charge is -2.25. The number of halogens is 1. The second-order valence-electron chi connectivity index (χ2n) is 5.33. The minimum atomic E-state index is -0.320. The molecule has 0 aliphatic carbocycles. The Morgan fingerprint density at radius 1 is 1.50 bits per heavy atom. The summed E-state index contributed by atoms with van der Waals surface area (Å²) in [6.45, 7) is 2.99. The SMILES string of the molecule is CN(Cc1ccc(N)c(F)c1)CC1CCCN1C. The maximum Gasteiger partial charge on any atom is 0.146 e. The summed E-state index contributed by atoms with van der Waals surface area (Å²) >= 11 is 0. The van der Waals surface area contributed by atoms with Crippen LogP contribution in [0.15, 0.2) is 18.2 Å². The van der Waals surface area contributed by atoms with E-state index in [1.807, 2.05) is 6.07 Å². The number of hydrogen-bond donors (Lipinski definition) is 1. The fourth-order valence-corrected chi connectivity index (χ4v) is 2.61. The largest absolute Gasteiger partial charge is 0.396 e. The normalized spacial score (nSPS) is 20.8. The van der Waals surface area contributed by atoms with E-state index in [0.29, 0.717) is 6.04 Å². The fraction of sp³-hybridized carbons (Fsp3) is 0.571. The van der Waals surface area contributed by atoms with Gasteiger partial charge in [-0.25, -0.2) is 4.39 Å². The standard InChI is InChI=1S/C14H22FN3/c1-17(10-12-4-3-7-18(12)2)9-11-5-6-14(16)13(15)8-11/h5-6,8,12H,3-4,7,9-10,16H2,1-2H3. The van der Waals surface area contributed by atoms with Gasteiger partial charge in [0.25, 0.3) is 0 Å². The van der Waals surface area contributed by atoms with Crippen LogP contribution in [0.3, 0.4) is 0 Å². The van der Waals surface area contributed by atoms with E-state index in [1.165, 1.54) is 25.5 Å². The lowest BCUT2D eigenvalue weighted by Crippen LogP contribution is -2.36. The molecule has 1 aromatic rings. The zero-order valence-electron chi connectivity index (χ0n) is 11.2. The van der Waals surface area contributed by atoms with Crippen LogP contribution >= 0.6 is 0 Å². The van der Waals surface area contributed by atoms with Crippen LogP contribution in [-0.4, -0.2) is 43.0 Å². The molecule has 1 aromatic carbocycles. The second kappa shape index (κ2) is 5.67. The van der Waals surface area contributed by atoms with Crippen molar-refractivity contribution in [2.24, 2.45) is 0 Å². The molecule has 1 aliphatic rings. The minimum absolute atomic E-state index is 0.219. The fourth-order valence-electron chi connectivity index (χ4n) is 2.61. The van der Waals surface area contributed by atoms with Gasteiger partial charge in [0, 0.05) is 19.1 Å². The Morgan fingerprint density at radius 3 is 2.89 bits per heavy atom. The van der Waals surface area contributed by atoms with Gasteiger partial charge in [-0.15, -0.1) is 0 Å². The topological polar surface area (TPSA) is 32.5 Å². The van der Waals surface area contributed by atoms with Gasteiger partial charge in [0.15, 0.2) is 0 Å². The van der Waals surface area contributed by atoms with E-state index in [2.05, 4.69) is 23.9 Å². The zero-order chi connectivity index (χ0) is 13.1. The molecule has 0 radical (unpaired) electrons. The molecule has 2 N–H and O–H groups in total. The molecule has 0 aromatic heterocycles. The van der Waals surface area contributed by atoms with E-state index in [4.69, 9.17) is 5.73 Å². The van der Waals surface area contributed by atoms with Crippen molar-refractivity contribution in [1.82, 2.24) is 9.80 Å². The van der Waals surface area contributed by atoms with Crippen LogP contribution in [-0.2, 0) is 6.54 Å². The molecule has 1 fully saturated rings. The smallest absolute Gasteiger partial charge is 0.146 e. The first kappa shape index (κ1) is 13.3. The minimum Gasteiger partial charge on any atom is -0.396 e. The molecule has 1 heterocycles. The van der Waals surface area contributed by atoms with Crippen molar-refractivity contribution in [3.63, 3.8) is 0 Å². The zero-order valence-corrected chi connectivity index (χ0v) is 11.2. The number of anilines is 1. The number of nitrogens with two attached hydrogens (primary N) is 1. The Kier molecular flexibility index (Phi) is 4.19. The van der Waals surface area contributed by atoms with Crippen molar-refractivity contribution < 1.29 is 4.39 Å². The summed E-state index contributed by atoms with van der Waals surface area (Å²) in [5.41, 5.74) is 6.67. The van der Waals surface area contributed by atoms with E-state index in [9.17, 15) is 4.39 Å². The maximum atomic E-state index is 13.3. The van der Waals surface area contributed by atoms with Crippen molar-refractivity contribution in [2.45, 2.75) is 25.4 Å². The summed E-state index contributed by atoms with van der Waals surface area (Å²) in [5.74, 6) is -0.320. The predicted octanol–water partition coefficient (Wildman–Crippen LogP) is 1.93. The van der Waals surface area contributed by atoms with Crippen LogP contribution in [0, 0.1) is 5.82 Å². The monoisotopic (exact) mass is 251 g/mol. The quantitative estimate of drug-likeness (QED) is 0.830. The van der Waals surface area contributed by atoms with Crippen LogP contribution in [0.1, 0.15) is 18.4 Å². The number of nitrogens with zero attached hydrogens (tertiary/aromatic N) is 2. The van der Waals surface area contributed by atoms with E-state index < -0.39 is 0 Å². The Morgan fingerprint density at radius 2 is 2.28 bits per heavy atom. The molecule has 18 heavy (non-hydrogen) atoms. The molecular formula is C14H22FN3. The first-order chi connectivity index (χ1) is 8.56. The van der Waals surface area contributed by atoms with Gasteiger partial charge in [-0.1, -0.05) is 6.07 Å². The predicted molar refractivity (Wildman–Crippen MR) is 72.8 cm³/mol. The maximum absolute atomic E-state index is 13.3. The average molecular weight is 251 g/mol. The molecule has 3 nitrogen and oxygen atoms in total. The lowest BCUT2D eigenvalue weighted by atomic mass is 10.1. The number of rotatable bonds is 4. The van der Waals surface area contributed by atoms with Gasteiger partial charge in [-0.05, 0) is 51.2 Å². The molecule has 100 valence electrons. The summed E-state index contributed by atoms with van der Waals surface area (Å²) in [4.78, 5) is 4.65. The van der Waals surface area contributed by atoms with E-state index >= 15 is 0 Å². The molecule has 4 heteroatoms. The van der Waals surface area contributed by atoms with E-state index in [0.717, 1.165) is 18.7 Å². The number of nitrogen functional groups attached to an aromatic ring is 1. The van der Waals surface area contributed by atoms with Crippen molar-refractivity contribution in [3.05, 3.63) is 29.6 Å². The molecule has 1 saturated heterocycles. The summed E-state index contributed by atoms with van der Waals surface area (Å²) in [7, 11) is 4.26. The Labute approximate surface area is 108 Å². The molecule has 1 aliphatic heterocycles. The van der Waals surface area contributed by atoms with Crippen LogP contribution in [0.4, 0.5) is 10.1 Å². The van der Waals surface area contributed by atoms with E-state index in [1.54, 1.807) is 6.07 Å². The Balaban J connectivity index is 1.90.